The normalized spacial score (nSPS) is 11.1. The monoisotopic (exact) mass is 509 g/mol. The van der Waals surface area contributed by atoms with Crippen molar-refractivity contribution in [2.45, 2.75) is 11.4 Å². The molecule has 0 aliphatic rings. The van der Waals surface area contributed by atoms with Crippen molar-refractivity contribution in [2.24, 2.45) is 0 Å². The van der Waals surface area contributed by atoms with Gasteiger partial charge in [-0.3, -0.25) is 9.59 Å². The molecule has 0 saturated carbocycles. The molecule has 3 aromatic rings. The first-order chi connectivity index (χ1) is 17.1. The van der Waals surface area contributed by atoms with Crippen molar-refractivity contribution < 1.29 is 27.5 Å². The molecule has 0 fully saturated rings. The number of nitrogens with one attached hydrogen (secondary N) is 1. The second kappa shape index (κ2) is 11.6. The predicted octanol–water partition coefficient (Wildman–Crippen LogP) is 3.00. The van der Waals surface area contributed by atoms with E-state index in [0.717, 1.165) is 9.87 Å². The second-order valence-corrected chi connectivity index (χ2v) is 10.3. The van der Waals surface area contributed by atoms with Crippen LogP contribution in [0.4, 0.5) is 5.69 Å². The van der Waals surface area contributed by atoms with E-state index in [0.29, 0.717) is 6.54 Å². The number of rotatable bonds is 9. The average molecular weight is 510 g/mol. The number of carbonyl (C=O) groups excluding carboxylic acids is 3. The Balaban J connectivity index is 1.65. The molecule has 0 aromatic heterocycles. The zero-order chi connectivity index (χ0) is 26.3. The molecular formula is C26H27N3O6S. The summed E-state index contributed by atoms with van der Waals surface area (Å²) >= 11 is 0. The highest BCUT2D eigenvalue weighted by atomic mass is 32.2. The fraction of sp³-hybridized carbons (Fsp3) is 0.192. The molecule has 1 N–H and O–H groups in total. The van der Waals surface area contributed by atoms with E-state index in [1.807, 2.05) is 30.3 Å². The molecule has 0 radical (unpaired) electrons. The molecule has 36 heavy (non-hydrogen) atoms. The van der Waals surface area contributed by atoms with Gasteiger partial charge in [-0.2, -0.15) is 0 Å². The van der Waals surface area contributed by atoms with Gasteiger partial charge in [-0.25, -0.2) is 17.5 Å². The maximum atomic E-state index is 13.0. The molecule has 2 amide bonds. The van der Waals surface area contributed by atoms with Gasteiger partial charge in [0.1, 0.15) is 0 Å². The lowest BCUT2D eigenvalue weighted by atomic mass is 10.1. The number of hydrogen-bond acceptors (Lipinski definition) is 6. The Labute approximate surface area is 210 Å². The van der Waals surface area contributed by atoms with E-state index in [9.17, 15) is 22.8 Å². The minimum Gasteiger partial charge on any atom is -0.452 e. The third-order valence-corrected chi connectivity index (χ3v) is 7.03. The molecule has 188 valence electrons. The predicted molar refractivity (Wildman–Crippen MR) is 135 cm³/mol. The average Bonchev–Trinajstić information content (AvgIpc) is 2.87. The van der Waals surface area contributed by atoms with E-state index in [4.69, 9.17) is 4.74 Å². The maximum absolute atomic E-state index is 13.0. The molecule has 0 aliphatic heterocycles. The van der Waals surface area contributed by atoms with Gasteiger partial charge >= 0.3 is 5.97 Å². The number of ether oxygens (including phenoxy) is 1. The molecule has 0 heterocycles. The van der Waals surface area contributed by atoms with Crippen LogP contribution in [0.25, 0.3) is 0 Å². The Kier molecular flexibility index (Phi) is 8.57. The first-order valence-corrected chi connectivity index (χ1v) is 12.4. The van der Waals surface area contributed by atoms with Gasteiger partial charge in [-0.1, -0.05) is 48.5 Å². The first kappa shape index (κ1) is 26.6. The van der Waals surface area contributed by atoms with Crippen LogP contribution in [-0.2, 0) is 26.1 Å². The zero-order valence-corrected chi connectivity index (χ0v) is 21.0. The molecule has 0 unspecified atom stereocenters. The van der Waals surface area contributed by atoms with E-state index < -0.39 is 28.5 Å². The number of benzene rings is 3. The van der Waals surface area contributed by atoms with Crippen LogP contribution in [0.2, 0.25) is 0 Å². The third kappa shape index (κ3) is 6.55. The molecular weight excluding hydrogens is 482 g/mol. The molecule has 0 bridgehead atoms. The Hall–Kier alpha value is -4.02. The van der Waals surface area contributed by atoms with Gasteiger partial charge in [0, 0.05) is 33.4 Å². The smallest absolute Gasteiger partial charge is 0.339 e. The summed E-state index contributed by atoms with van der Waals surface area (Å²) in [6, 6.07) is 21.4. The molecule has 9 nitrogen and oxygen atoms in total. The van der Waals surface area contributed by atoms with Crippen LogP contribution in [0.5, 0.6) is 0 Å². The van der Waals surface area contributed by atoms with Gasteiger partial charge < -0.3 is 15.0 Å². The molecule has 0 aliphatic carbocycles. The number of nitrogens with zero attached hydrogens (tertiary/aromatic N) is 2. The topological polar surface area (TPSA) is 113 Å². The molecule has 0 atom stereocenters. The van der Waals surface area contributed by atoms with Crippen molar-refractivity contribution in [2.75, 3.05) is 33.1 Å². The van der Waals surface area contributed by atoms with Crippen LogP contribution in [-0.4, -0.2) is 63.2 Å². The number of amides is 2. The Bertz CT molecular complexity index is 1360. The summed E-state index contributed by atoms with van der Waals surface area (Å²) in [5.74, 6) is -1.85. The van der Waals surface area contributed by atoms with Crippen LogP contribution in [0, 0.1) is 0 Å². The molecule has 3 aromatic carbocycles. The fourth-order valence-electron chi connectivity index (χ4n) is 3.33. The van der Waals surface area contributed by atoms with Crippen molar-refractivity contribution in [1.82, 2.24) is 9.21 Å². The van der Waals surface area contributed by atoms with Crippen molar-refractivity contribution in [3.63, 3.8) is 0 Å². The Morgan fingerprint density at radius 1 is 0.833 bits per heavy atom. The molecule has 0 saturated heterocycles. The van der Waals surface area contributed by atoms with Gasteiger partial charge in [0.25, 0.3) is 11.8 Å². The summed E-state index contributed by atoms with van der Waals surface area (Å²) < 4.78 is 30.8. The summed E-state index contributed by atoms with van der Waals surface area (Å²) in [5, 5.41) is 2.51. The number of sulfonamides is 1. The number of esters is 1. The van der Waals surface area contributed by atoms with Crippen molar-refractivity contribution >= 4 is 33.5 Å². The summed E-state index contributed by atoms with van der Waals surface area (Å²) in [6.45, 7) is -0.264. The van der Waals surface area contributed by atoms with Crippen molar-refractivity contribution in [3.05, 3.63) is 95.6 Å². The fourth-order valence-corrected chi connectivity index (χ4v) is 4.28. The van der Waals surface area contributed by atoms with Crippen LogP contribution < -0.4 is 5.32 Å². The van der Waals surface area contributed by atoms with E-state index in [1.165, 1.54) is 55.4 Å². The summed E-state index contributed by atoms with van der Waals surface area (Å²) in [6.07, 6.45) is 0. The van der Waals surface area contributed by atoms with Crippen LogP contribution in [0.1, 0.15) is 26.3 Å². The zero-order valence-electron chi connectivity index (χ0n) is 20.2. The van der Waals surface area contributed by atoms with Gasteiger partial charge in [0.2, 0.25) is 10.0 Å². The highest BCUT2D eigenvalue weighted by Crippen LogP contribution is 2.18. The minimum atomic E-state index is -3.68. The second-order valence-electron chi connectivity index (χ2n) is 8.13. The first-order valence-electron chi connectivity index (χ1n) is 11.0. The largest absolute Gasteiger partial charge is 0.452 e. The van der Waals surface area contributed by atoms with E-state index in [2.05, 4.69) is 5.32 Å². The Morgan fingerprint density at radius 2 is 1.47 bits per heavy atom. The lowest BCUT2D eigenvalue weighted by molar-refractivity contribution is -0.119. The van der Waals surface area contributed by atoms with Crippen LogP contribution >= 0.6 is 0 Å². The van der Waals surface area contributed by atoms with Gasteiger partial charge in [-0.05, 0) is 35.9 Å². The van der Waals surface area contributed by atoms with Gasteiger partial charge in [0.15, 0.2) is 6.61 Å². The lowest BCUT2D eigenvalue weighted by Crippen LogP contribution is -2.28. The standard InChI is InChI=1S/C26H27N3O6S/c1-28(2)36(33,34)21-13-9-12-20(16-21)27-24(30)18-35-26(32)23-15-8-7-14-22(23)25(31)29(3)17-19-10-5-4-6-11-19/h4-16H,17-18H2,1-3H3,(H,27,30). The van der Waals surface area contributed by atoms with Crippen LogP contribution in [0.15, 0.2) is 83.8 Å². The Morgan fingerprint density at radius 3 is 2.14 bits per heavy atom. The van der Waals surface area contributed by atoms with Gasteiger partial charge in [-0.15, -0.1) is 0 Å². The number of hydrogen-bond donors (Lipinski definition) is 1. The lowest BCUT2D eigenvalue weighted by Gasteiger charge is -2.19. The maximum Gasteiger partial charge on any atom is 0.339 e. The summed E-state index contributed by atoms with van der Waals surface area (Å²) in [4.78, 5) is 39.6. The third-order valence-electron chi connectivity index (χ3n) is 5.22. The van der Waals surface area contributed by atoms with Gasteiger partial charge in [0.05, 0.1) is 16.0 Å². The molecule has 3 rings (SSSR count). The van der Waals surface area contributed by atoms with Crippen LogP contribution in [0.3, 0.4) is 0 Å². The minimum absolute atomic E-state index is 0.00866. The summed E-state index contributed by atoms with van der Waals surface area (Å²) in [5.41, 5.74) is 1.36. The number of anilines is 1. The molecule has 0 spiro atoms. The number of carbonyl (C=O) groups is 3. The summed E-state index contributed by atoms with van der Waals surface area (Å²) in [7, 11) is 0.768. The van der Waals surface area contributed by atoms with E-state index in [-0.39, 0.29) is 27.6 Å². The highest BCUT2D eigenvalue weighted by Gasteiger charge is 2.22. The highest BCUT2D eigenvalue weighted by molar-refractivity contribution is 7.89. The van der Waals surface area contributed by atoms with Crippen molar-refractivity contribution in [3.8, 4) is 0 Å². The van der Waals surface area contributed by atoms with E-state index in [1.54, 1.807) is 19.2 Å². The molecule has 10 heteroatoms. The van der Waals surface area contributed by atoms with Crippen molar-refractivity contribution in [1.29, 1.82) is 0 Å². The quantitative estimate of drug-likeness (QED) is 0.444. The van der Waals surface area contributed by atoms with E-state index >= 15 is 0 Å². The SMILES string of the molecule is CN(Cc1ccccc1)C(=O)c1ccccc1C(=O)OCC(=O)Nc1cccc(S(=O)(=O)N(C)C)c1.